The summed E-state index contributed by atoms with van der Waals surface area (Å²) in [4.78, 5) is 21.9. The molecule has 1 aromatic carbocycles. The van der Waals surface area contributed by atoms with Crippen LogP contribution >= 0.6 is 23.4 Å². The van der Waals surface area contributed by atoms with Crippen molar-refractivity contribution in [3.05, 3.63) is 29.8 Å². The number of amides is 1. The predicted molar refractivity (Wildman–Crippen MR) is 67.8 cm³/mol. The van der Waals surface area contributed by atoms with Gasteiger partial charge in [0.05, 0.1) is 0 Å². The van der Waals surface area contributed by atoms with E-state index in [9.17, 15) is 9.59 Å². The highest BCUT2D eigenvalue weighted by atomic mass is 35.5. The SMILES string of the molecule is CC(=O)SCc1cccc(NC(=O)CCl)c1. The molecule has 0 aliphatic carbocycles. The first kappa shape index (κ1) is 13.1. The summed E-state index contributed by atoms with van der Waals surface area (Å²) >= 11 is 6.62. The maximum absolute atomic E-state index is 11.1. The van der Waals surface area contributed by atoms with Gasteiger partial charge in [0.15, 0.2) is 5.12 Å². The van der Waals surface area contributed by atoms with Gasteiger partial charge < -0.3 is 5.32 Å². The van der Waals surface area contributed by atoms with E-state index in [4.69, 9.17) is 11.6 Å². The van der Waals surface area contributed by atoms with Gasteiger partial charge >= 0.3 is 0 Å². The summed E-state index contributed by atoms with van der Waals surface area (Å²) < 4.78 is 0. The van der Waals surface area contributed by atoms with Crippen molar-refractivity contribution in [2.45, 2.75) is 12.7 Å². The smallest absolute Gasteiger partial charge is 0.239 e. The number of alkyl halides is 1. The lowest BCUT2D eigenvalue weighted by Gasteiger charge is -2.05. The minimum Gasteiger partial charge on any atom is -0.325 e. The summed E-state index contributed by atoms with van der Waals surface area (Å²) in [6.45, 7) is 1.53. The second-order valence-corrected chi connectivity index (χ2v) is 4.58. The van der Waals surface area contributed by atoms with Crippen LogP contribution in [0.15, 0.2) is 24.3 Å². The van der Waals surface area contributed by atoms with Gasteiger partial charge in [-0.2, -0.15) is 0 Å². The summed E-state index contributed by atoms with van der Waals surface area (Å²) in [5, 5.41) is 2.73. The summed E-state index contributed by atoms with van der Waals surface area (Å²) in [6.07, 6.45) is 0. The van der Waals surface area contributed by atoms with E-state index in [1.54, 1.807) is 6.07 Å². The second-order valence-electron chi connectivity index (χ2n) is 3.16. The number of carbonyl (C=O) groups excluding carboxylic acids is 2. The van der Waals surface area contributed by atoms with Crippen LogP contribution in [0.25, 0.3) is 0 Å². The van der Waals surface area contributed by atoms with Crippen molar-refractivity contribution in [2.75, 3.05) is 11.2 Å². The zero-order valence-electron chi connectivity index (χ0n) is 8.83. The van der Waals surface area contributed by atoms with Crippen LogP contribution in [-0.4, -0.2) is 16.9 Å². The molecule has 1 rings (SSSR count). The average molecular weight is 258 g/mol. The lowest BCUT2D eigenvalue weighted by atomic mass is 10.2. The normalized spacial score (nSPS) is 9.88. The van der Waals surface area contributed by atoms with E-state index in [1.807, 2.05) is 18.2 Å². The molecule has 0 radical (unpaired) electrons. The highest BCUT2D eigenvalue weighted by Gasteiger charge is 2.02. The third-order valence-corrected chi connectivity index (χ3v) is 2.90. The van der Waals surface area contributed by atoms with Gasteiger partial charge in [-0.3, -0.25) is 9.59 Å². The second kappa shape index (κ2) is 6.55. The number of benzene rings is 1. The Morgan fingerprint density at radius 3 is 2.81 bits per heavy atom. The maximum atomic E-state index is 11.1. The molecule has 0 saturated heterocycles. The molecular formula is C11H12ClNO2S. The molecule has 3 nitrogen and oxygen atoms in total. The fourth-order valence-electron chi connectivity index (χ4n) is 1.12. The molecule has 0 fully saturated rings. The first-order valence-corrected chi connectivity index (χ1v) is 6.22. The van der Waals surface area contributed by atoms with Crippen molar-refractivity contribution in [1.82, 2.24) is 0 Å². The van der Waals surface area contributed by atoms with E-state index in [2.05, 4.69) is 5.32 Å². The van der Waals surface area contributed by atoms with Crippen LogP contribution in [0.5, 0.6) is 0 Å². The quantitative estimate of drug-likeness (QED) is 0.844. The predicted octanol–water partition coefficient (Wildman–Crippen LogP) is 2.64. The molecule has 0 saturated carbocycles. The number of nitrogens with one attached hydrogen (secondary N) is 1. The van der Waals surface area contributed by atoms with Gasteiger partial charge in [-0.05, 0) is 17.7 Å². The molecule has 0 atom stereocenters. The lowest BCUT2D eigenvalue weighted by Crippen LogP contribution is -2.12. The molecule has 1 amide bonds. The van der Waals surface area contributed by atoms with Crippen LogP contribution < -0.4 is 5.32 Å². The summed E-state index contributed by atoms with van der Waals surface area (Å²) in [7, 11) is 0. The number of hydrogen-bond acceptors (Lipinski definition) is 3. The minimum atomic E-state index is -0.238. The van der Waals surface area contributed by atoms with Crippen LogP contribution in [-0.2, 0) is 15.3 Å². The molecule has 5 heteroatoms. The van der Waals surface area contributed by atoms with Gasteiger partial charge in [-0.15, -0.1) is 11.6 Å². The van der Waals surface area contributed by atoms with Crippen LogP contribution in [0, 0.1) is 0 Å². The summed E-state index contributed by atoms with van der Waals surface area (Å²) in [5.74, 6) is 0.310. The van der Waals surface area contributed by atoms with Gasteiger partial charge in [0.2, 0.25) is 5.91 Å². The van der Waals surface area contributed by atoms with Crippen LogP contribution in [0.1, 0.15) is 12.5 Å². The molecule has 0 heterocycles. The number of carbonyl (C=O) groups is 2. The van der Waals surface area contributed by atoms with Crippen molar-refractivity contribution < 1.29 is 9.59 Å². The van der Waals surface area contributed by atoms with Crippen molar-refractivity contribution in [1.29, 1.82) is 0 Å². The number of anilines is 1. The zero-order valence-corrected chi connectivity index (χ0v) is 10.4. The first-order valence-electron chi connectivity index (χ1n) is 4.70. The van der Waals surface area contributed by atoms with E-state index >= 15 is 0 Å². The van der Waals surface area contributed by atoms with Crippen molar-refractivity contribution >= 4 is 40.1 Å². The Labute approximate surface area is 104 Å². The van der Waals surface area contributed by atoms with Crippen LogP contribution in [0.4, 0.5) is 5.69 Å². The zero-order chi connectivity index (χ0) is 12.0. The minimum absolute atomic E-state index is 0.0631. The van der Waals surface area contributed by atoms with Gasteiger partial charge in [-0.25, -0.2) is 0 Å². The van der Waals surface area contributed by atoms with Crippen molar-refractivity contribution in [2.24, 2.45) is 0 Å². The largest absolute Gasteiger partial charge is 0.325 e. The van der Waals surface area contributed by atoms with E-state index in [-0.39, 0.29) is 16.9 Å². The van der Waals surface area contributed by atoms with Crippen molar-refractivity contribution in [3.8, 4) is 0 Å². The Bertz CT molecular complexity index is 395. The van der Waals surface area contributed by atoms with E-state index < -0.39 is 0 Å². The molecule has 1 N–H and O–H groups in total. The third kappa shape index (κ3) is 4.68. The Hall–Kier alpha value is -1.00. The molecule has 1 aromatic rings. The Kier molecular flexibility index (Phi) is 5.35. The molecule has 0 bridgehead atoms. The number of hydrogen-bond donors (Lipinski definition) is 1. The average Bonchev–Trinajstić information content (AvgIpc) is 2.26. The molecule has 16 heavy (non-hydrogen) atoms. The van der Waals surface area contributed by atoms with Crippen LogP contribution in [0.2, 0.25) is 0 Å². The Balaban J connectivity index is 2.63. The summed E-state index contributed by atoms with van der Waals surface area (Å²) in [6, 6.07) is 7.36. The van der Waals surface area contributed by atoms with E-state index in [0.29, 0.717) is 11.4 Å². The molecule has 0 unspecified atom stereocenters. The number of halogens is 1. The monoisotopic (exact) mass is 257 g/mol. The lowest BCUT2D eigenvalue weighted by molar-refractivity contribution is -0.114. The van der Waals surface area contributed by atoms with Gasteiger partial charge in [0, 0.05) is 18.4 Å². The molecular weight excluding hydrogens is 246 g/mol. The fraction of sp³-hybridized carbons (Fsp3) is 0.273. The maximum Gasteiger partial charge on any atom is 0.239 e. The summed E-state index contributed by atoms with van der Waals surface area (Å²) in [5.41, 5.74) is 1.69. The molecule has 0 spiro atoms. The van der Waals surface area contributed by atoms with Crippen LogP contribution in [0.3, 0.4) is 0 Å². The first-order chi connectivity index (χ1) is 7.61. The molecule has 0 aliphatic heterocycles. The Morgan fingerprint density at radius 2 is 2.19 bits per heavy atom. The molecule has 0 aromatic heterocycles. The van der Waals surface area contributed by atoms with Gasteiger partial charge in [0.25, 0.3) is 0 Å². The Morgan fingerprint density at radius 1 is 1.44 bits per heavy atom. The standard InChI is InChI=1S/C11H12ClNO2S/c1-8(14)16-7-9-3-2-4-10(5-9)13-11(15)6-12/h2-5H,6-7H2,1H3,(H,13,15). The number of rotatable bonds is 4. The fourth-order valence-corrected chi connectivity index (χ4v) is 1.73. The topological polar surface area (TPSA) is 46.2 Å². The van der Waals surface area contributed by atoms with E-state index in [1.165, 1.54) is 18.7 Å². The van der Waals surface area contributed by atoms with Gasteiger partial charge in [-0.1, -0.05) is 23.9 Å². The highest BCUT2D eigenvalue weighted by molar-refractivity contribution is 8.12. The highest BCUT2D eigenvalue weighted by Crippen LogP contribution is 2.16. The number of thioether (sulfide) groups is 1. The molecule has 0 aliphatic rings. The third-order valence-electron chi connectivity index (χ3n) is 1.77. The van der Waals surface area contributed by atoms with Gasteiger partial charge in [0.1, 0.15) is 5.88 Å². The van der Waals surface area contributed by atoms with E-state index in [0.717, 1.165) is 5.56 Å². The molecule has 86 valence electrons. The van der Waals surface area contributed by atoms with Crippen molar-refractivity contribution in [3.63, 3.8) is 0 Å².